The topological polar surface area (TPSA) is 95.9 Å². The minimum Gasteiger partial charge on any atom is -0.480 e. The number of piperidine rings is 1. The molecule has 0 aromatic carbocycles. The van der Waals surface area contributed by atoms with Crippen molar-refractivity contribution < 1.29 is 23.1 Å². The summed E-state index contributed by atoms with van der Waals surface area (Å²) in [6.07, 6.45) is 3.21. The number of aliphatic carboxylic acids is 1. The van der Waals surface area contributed by atoms with Crippen LogP contribution < -0.4 is 4.72 Å². The van der Waals surface area contributed by atoms with Gasteiger partial charge in [-0.1, -0.05) is 0 Å². The standard InChI is InChI=1S/C11H20N2O5S/c1-18-9-6-8(7-9)12-19(16,17)13-5-3-2-4-10(13)11(14)15/h8-10,12H,2-7H2,1H3,(H,14,15). The molecule has 0 spiro atoms. The van der Waals surface area contributed by atoms with E-state index in [9.17, 15) is 13.2 Å². The van der Waals surface area contributed by atoms with Crippen LogP contribution in [0.5, 0.6) is 0 Å². The second-order valence-electron chi connectivity index (χ2n) is 5.11. The van der Waals surface area contributed by atoms with E-state index in [1.54, 1.807) is 7.11 Å². The Labute approximate surface area is 113 Å². The molecule has 110 valence electrons. The van der Waals surface area contributed by atoms with E-state index in [0.29, 0.717) is 25.7 Å². The van der Waals surface area contributed by atoms with E-state index in [1.807, 2.05) is 0 Å². The van der Waals surface area contributed by atoms with Gasteiger partial charge >= 0.3 is 5.97 Å². The van der Waals surface area contributed by atoms with Gasteiger partial charge in [0.1, 0.15) is 6.04 Å². The fourth-order valence-corrected chi connectivity index (χ4v) is 4.22. The molecule has 1 aliphatic heterocycles. The summed E-state index contributed by atoms with van der Waals surface area (Å²) < 4.78 is 33.2. The van der Waals surface area contributed by atoms with Crippen LogP contribution >= 0.6 is 0 Å². The van der Waals surface area contributed by atoms with Gasteiger partial charge in [0.25, 0.3) is 10.2 Å². The number of carbonyl (C=O) groups is 1. The van der Waals surface area contributed by atoms with Crippen molar-refractivity contribution in [2.45, 2.75) is 50.3 Å². The number of ether oxygens (including phenoxy) is 1. The van der Waals surface area contributed by atoms with Gasteiger partial charge in [-0.3, -0.25) is 4.79 Å². The van der Waals surface area contributed by atoms with Gasteiger partial charge in [0, 0.05) is 19.7 Å². The van der Waals surface area contributed by atoms with E-state index in [2.05, 4.69) is 4.72 Å². The highest BCUT2D eigenvalue weighted by molar-refractivity contribution is 7.87. The second kappa shape index (κ2) is 5.74. The Bertz CT molecular complexity index is 432. The highest BCUT2D eigenvalue weighted by Crippen LogP contribution is 2.25. The van der Waals surface area contributed by atoms with E-state index in [0.717, 1.165) is 10.7 Å². The summed E-state index contributed by atoms with van der Waals surface area (Å²) in [5, 5.41) is 9.10. The Kier molecular flexibility index (Phi) is 4.44. The highest BCUT2D eigenvalue weighted by Gasteiger charge is 2.40. The molecule has 1 saturated heterocycles. The number of rotatable bonds is 5. The average Bonchev–Trinajstić information content (AvgIpc) is 2.33. The van der Waals surface area contributed by atoms with Gasteiger partial charge in [-0.15, -0.1) is 0 Å². The molecular weight excluding hydrogens is 272 g/mol. The van der Waals surface area contributed by atoms with Gasteiger partial charge < -0.3 is 9.84 Å². The summed E-state index contributed by atoms with van der Waals surface area (Å²) in [5.74, 6) is -1.08. The van der Waals surface area contributed by atoms with Crippen molar-refractivity contribution in [2.24, 2.45) is 0 Å². The number of carboxylic acids is 1. The van der Waals surface area contributed by atoms with Crippen molar-refractivity contribution in [2.75, 3.05) is 13.7 Å². The summed E-state index contributed by atoms with van der Waals surface area (Å²) in [6.45, 7) is 0.271. The summed E-state index contributed by atoms with van der Waals surface area (Å²) >= 11 is 0. The van der Waals surface area contributed by atoms with Crippen LogP contribution in [-0.4, -0.2) is 55.6 Å². The smallest absolute Gasteiger partial charge is 0.322 e. The summed E-state index contributed by atoms with van der Waals surface area (Å²) in [7, 11) is -2.12. The van der Waals surface area contributed by atoms with Crippen molar-refractivity contribution >= 4 is 16.2 Å². The van der Waals surface area contributed by atoms with E-state index in [1.165, 1.54) is 0 Å². The first kappa shape index (κ1) is 14.7. The first-order valence-electron chi connectivity index (χ1n) is 6.48. The molecular formula is C11H20N2O5S. The zero-order valence-electron chi connectivity index (χ0n) is 10.9. The maximum Gasteiger partial charge on any atom is 0.322 e. The molecule has 1 atom stereocenters. The van der Waals surface area contributed by atoms with E-state index >= 15 is 0 Å². The monoisotopic (exact) mass is 292 g/mol. The molecule has 1 heterocycles. The lowest BCUT2D eigenvalue weighted by atomic mass is 9.90. The van der Waals surface area contributed by atoms with Crippen molar-refractivity contribution in [1.82, 2.24) is 9.03 Å². The van der Waals surface area contributed by atoms with Crippen LogP contribution in [0.15, 0.2) is 0 Å². The predicted molar refractivity (Wildman–Crippen MR) is 67.9 cm³/mol. The van der Waals surface area contributed by atoms with E-state index < -0.39 is 22.2 Å². The Balaban J connectivity index is 1.99. The van der Waals surface area contributed by atoms with Crippen molar-refractivity contribution in [3.8, 4) is 0 Å². The number of hydrogen-bond donors (Lipinski definition) is 2. The zero-order valence-corrected chi connectivity index (χ0v) is 11.7. The van der Waals surface area contributed by atoms with Crippen LogP contribution in [0.25, 0.3) is 0 Å². The molecule has 0 radical (unpaired) electrons. The third-order valence-electron chi connectivity index (χ3n) is 3.79. The average molecular weight is 292 g/mol. The number of hydrogen-bond acceptors (Lipinski definition) is 4. The molecule has 7 nitrogen and oxygen atoms in total. The molecule has 1 saturated carbocycles. The zero-order chi connectivity index (χ0) is 14.0. The molecule has 19 heavy (non-hydrogen) atoms. The van der Waals surface area contributed by atoms with Gasteiger partial charge in [0.05, 0.1) is 6.10 Å². The summed E-state index contributed by atoms with van der Waals surface area (Å²) in [5.41, 5.74) is 0. The molecule has 2 N–H and O–H groups in total. The van der Waals surface area contributed by atoms with Crippen LogP contribution in [0, 0.1) is 0 Å². The van der Waals surface area contributed by atoms with Gasteiger partial charge in [0.15, 0.2) is 0 Å². The summed E-state index contributed by atoms with van der Waals surface area (Å²) in [6, 6.07) is -1.09. The largest absolute Gasteiger partial charge is 0.480 e. The molecule has 0 amide bonds. The highest BCUT2D eigenvalue weighted by atomic mass is 32.2. The van der Waals surface area contributed by atoms with Gasteiger partial charge in [-0.05, 0) is 32.1 Å². The number of nitrogens with zero attached hydrogens (tertiary/aromatic N) is 1. The Morgan fingerprint density at radius 1 is 1.37 bits per heavy atom. The lowest BCUT2D eigenvalue weighted by Crippen LogP contribution is -2.56. The third-order valence-corrected chi connectivity index (χ3v) is 5.48. The van der Waals surface area contributed by atoms with Gasteiger partial charge in [0.2, 0.25) is 0 Å². The molecule has 2 fully saturated rings. The molecule has 8 heteroatoms. The lowest BCUT2D eigenvalue weighted by molar-refractivity contribution is -0.142. The quantitative estimate of drug-likeness (QED) is 0.740. The third kappa shape index (κ3) is 3.25. The second-order valence-corrected chi connectivity index (χ2v) is 6.76. The molecule has 0 aromatic rings. The van der Waals surface area contributed by atoms with Crippen molar-refractivity contribution in [3.05, 3.63) is 0 Å². The molecule has 0 aromatic heterocycles. The minimum atomic E-state index is -3.72. The number of methoxy groups -OCH3 is 1. The lowest BCUT2D eigenvalue weighted by Gasteiger charge is -2.38. The maximum absolute atomic E-state index is 12.2. The SMILES string of the molecule is COC1CC(NS(=O)(=O)N2CCCCC2C(=O)O)C1. The first-order chi connectivity index (χ1) is 8.94. The van der Waals surface area contributed by atoms with E-state index in [-0.39, 0.29) is 18.7 Å². The van der Waals surface area contributed by atoms with Crippen molar-refractivity contribution in [3.63, 3.8) is 0 Å². The van der Waals surface area contributed by atoms with Gasteiger partial charge in [-0.2, -0.15) is 17.4 Å². The molecule has 1 unspecified atom stereocenters. The van der Waals surface area contributed by atoms with Crippen LogP contribution in [0.1, 0.15) is 32.1 Å². The Morgan fingerprint density at radius 3 is 2.63 bits per heavy atom. The Morgan fingerprint density at radius 2 is 2.05 bits per heavy atom. The molecule has 1 aliphatic carbocycles. The summed E-state index contributed by atoms with van der Waals surface area (Å²) in [4.78, 5) is 11.1. The molecule has 0 bridgehead atoms. The predicted octanol–water partition coefficient (Wildman–Crippen LogP) is -0.0627. The number of carboxylic acid groups (broad SMARTS) is 1. The normalized spacial score (nSPS) is 32.8. The number of nitrogens with one attached hydrogen (secondary N) is 1. The molecule has 2 rings (SSSR count). The maximum atomic E-state index is 12.2. The van der Waals surface area contributed by atoms with Crippen LogP contribution in [0.3, 0.4) is 0 Å². The fraction of sp³-hybridized carbons (Fsp3) is 0.909. The van der Waals surface area contributed by atoms with Crippen molar-refractivity contribution in [1.29, 1.82) is 0 Å². The van der Waals surface area contributed by atoms with Crippen LogP contribution in [0.2, 0.25) is 0 Å². The van der Waals surface area contributed by atoms with Crippen LogP contribution in [-0.2, 0) is 19.7 Å². The van der Waals surface area contributed by atoms with Gasteiger partial charge in [-0.25, -0.2) is 0 Å². The fourth-order valence-electron chi connectivity index (χ4n) is 2.57. The molecule has 2 aliphatic rings. The van der Waals surface area contributed by atoms with Crippen LogP contribution in [0.4, 0.5) is 0 Å². The first-order valence-corrected chi connectivity index (χ1v) is 7.92. The van der Waals surface area contributed by atoms with E-state index in [4.69, 9.17) is 9.84 Å². The Hall–Kier alpha value is -0.700. The minimum absolute atomic E-state index is 0.101.